The van der Waals surface area contributed by atoms with E-state index in [0.717, 1.165) is 19.6 Å². The van der Waals surface area contributed by atoms with Crippen LogP contribution >= 0.6 is 0 Å². The summed E-state index contributed by atoms with van der Waals surface area (Å²) >= 11 is 0. The fraction of sp³-hybridized carbons (Fsp3) is 0.385. The van der Waals surface area contributed by atoms with Crippen LogP contribution in [0.25, 0.3) is 5.76 Å². The number of aliphatic hydroxyl groups is 1. The van der Waals surface area contributed by atoms with Crippen molar-refractivity contribution in [1.82, 2.24) is 9.80 Å². The van der Waals surface area contributed by atoms with Gasteiger partial charge in [0.15, 0.2) is 11.5 Å². The lowest BCUT2D eigenvalue weighted by Crippen LogP contribution is -2.38. The van der Waals surface area contributed by atoms with Gasteiger partial charge in [0.25, 0.3) is 11.7 Å². The molecule has 3 aliphatic rings. The molecule has 3 heterocycles. The molecule has 2 aromatic carbocycles. The van der Waals surface area contributed by atoms with Crippen LogP contribution in [0.3, 0.4) is 0 Å². The molecule has 2 fully saturated rings. The number of morpholine rings is 1. The third kappa shape index (κ3) is 4.56. The predicted octanol–water partition coefficient (Wildman–Crippen LogP) is 2.57. The number of ether oxygens (including phenoxy) is 4. The Morgan fingerprint density at radius 3 is 2.66 bits per heavy atom. The van der Waals surface area contributed by atoms with E-state index in [1.807, 2.05) is 12.1 Å². The Morgan fingerprint density at radius 2 is 1.86 bits per heavy atom. The number of carbonyl (C=O) groups is 2. The lowest BCUT2D eigenvalue weighted by atomic mass is 9.95. The monoisotopic (exact) mass is 480 g/mol. The lowest BCUT2D eigenvalue weighted by Gasteiger charge is -2.29. The van der Waals surface area contributed by atoms with Gasteiger partial charge in [-0.15, -0.1) is 0 Å². The zero-order valence-corrected chi connectivity index (χ0v) is 19.6. The van der Waals surface area contributed by atoms with Crippen LogP contribution in [0.4, 0.5) is 0 Å². The molecular formula is C26H28N2O7. The first-order valence-corrected chi connectivity index (χ1v) is 11.7. The Morgan fingerprint density at radius 1 is 1.06 bits per heavy atom. The van der Waals surface area contributed by atoms with Crippen molar-refractivity contribution in [2.24, 2.45) is 0 Å². The van der Waals surface area contributed by atoms with E-state index in [-0.39, 0.29) is 18.1 Å². The van der Waals surface area contributed by atoms with E-state index in [4.69, 9.17) is 18.9 Å². The summed E-state index contributed by atoms with van der Waals surface area (Å²) in [6, 6.07) is 11.4. The maximum absolute atomic E-state index is 13.2. The minimum absolute atomic E-state index is 0.0495. The number of likely N-dealkylation sites (tertiary alicyclic amines) is 1. The molecule has 1 N–H and O–H groups in total. The van der Waals surface area contributed by atoms with Crippen LogP contribution < -0.4 is 14.2 Å². The molecule has 0 bridgehead atoms. The summed E-state index contributed by atoms with van der Waals surface area (Å²) in [6.07, 6.45) is 0.692. The standard InChI is InChI=1S/C26H28N2O7/c1-32-19-5-2-4-17(14-19)23-22(24(29)18-6-7-20-21(15-18)35-16-34-20)25(30)26(31)28(23)9-3-8-27-10-12-33-13-11-27/h2,4-7,14-15,23,29H,3,8-13,16H2,1H3/t23-/m0/s1. The molecule has 2 saturated heterocycles. The molecule has 0 aliphatic carbocycles. The van der Waals surface area contributed by atoms with Gasteiger partial charge in [-0.2, -0.15) is 0 Å². The molecule has 2 aromatic rings. The zero-order valence-electron chi connectivity index (χ0n) is 19.6. The van der Waals surface area contributed by atoms with Gasteiger partial charge in [0.1, 0.15) is 11.5 Å². The number of amides is 1. The average molecular weight is 481 g/mol. The number of fused-ring (bicyclic) bond motifs is 1. The molecule has 1 atom stereocenters. The summed E-state index contributed by atoms with van der Waals surface area (Å²) < 4.78 is 21.6. The van der Waals surface area contributed by atoms with Crippen molar-refractivity contribution in [1.29, 1.82) is 0 Å². The lowest BCUT2D eigenvalue weighted by molar-refractivity contribution is -0.140. The highest BCUT2D eigenvalue weighted by molar-refractivity contribution is 6.46. The second-order valence-corrected chi connectivity index (χ2v) is 8.64. The van der Waals surface area contributed by atoms with Crippen LogP contribution in [0.5, 0.6) is 17.2 Å². The maximum Gasteiger partial charge on any atom is 0.295 e. The minimum atomic E-state index is -0.736. The topological polar surface area (TPSA) is 97.8 Å². The molecule has 9 nitrogen and oxygen atoms in total. The van der Waals surface area contributed by atoms with E-state index in [9.17, 15) is 14.7 Å². The highest BCUT2D eigenvalue weighted by atomic mass is 16.7. The highest BCUT2D eigenvalue weighted by Crippen LogP contribution is 2.42. The van der Waals surface area contributed by atoms with E-state index in [1.165, 1.54) is 0 Å². The van der Waals surface area contributed by atoms with Crippen molar-refractivity contribution in [2.45, 2.75) is 12.5 Å². The molecule has 3 aliphatic heterocycles. The van der Waals surface area contributed by atoms with Crippen LogP contribution in [0.1, 0.15) is 23.6 Å². The van der Waals surface area contributed by atoms with Crippen molar-refractivity contribution in [3.63, 3.8) is 0 Å². The van der Waals surface area contributed by atoms with Gasteiger partial charge in [-0.05, 0) is 42.3 Å². The summed E-state index contributed by atoms with van der Waals surface area (Å²) in [6.45, 7) is 4.36. The number of ketones is 1. The number of rotatable bonds is 7. The number of carbonyl (C=O) groups excluding carboxylic acids is 2. The molecule has 0 spiro atoms. The fourth-order valence-corrected chi connectivity index (χ4v) is 4.76. The van der Waals surface area contributed by atoms with Crippen molar-refractivity contribution >= 4 is 17.4 Å². The summed E-state index contributed by atoms with van der Waals surface area (Å²) in [5.74, 6) is 0.0669. The number of Topliss-reactive ketones (excluding diaryl/α,β-unsaturated/α-hetero) is 1. The van der Waals surface area contributed by atoms with Crippen molar-refractivity contribution in [3.8, 4) is 17.2 Å². The van der Waals surface area contributed by atoms with E-state index in [2.05, 4.69) is 4.90 Å². The molecule has 0 aromatic heterocycles. The number of nitrogens with zero attached hydrogens (tertiary/aromatic N) is 2. The van der Waals surface area contributed by atoms with E-state index in [1.54, 1.807) is 42.3 Å². The van der Waals surface area contributed by atoms with Gasteiger partial charge in [-0.3, -0.25) is 14.5 Å². The Hall–Kier alpha value is -3.56. The maximum atomic E-state index is 13.2. The van der Waals surface area contributed by atoms with E-state index >= 15 is 0 Å². The first kappa shape index (κ1) is 23.2. The first-order chi connectivity index (χ1) is 17.1. The SMILES string of the molecule is COc1cccc([C@H]2C(=C(O)c3ccc4c(c3)OCO4)C(=O)C(=O)N2CCCN2CCOCC2)c1. The molecule has 184 valence electrons. The van der Waals surface area contributed by atoms with Crippen molar-refractivity contribution in [2.75, 3.05) is 53.3 Å². The first-order valence-electron chi connectivity index (χ1n) is 11.7. The number of aliphatic hydroxyl groups excluding tert-OH is 1. The van der Waals surface area contributed by atoms with Crippen LogP contribution in [-0.4, -0.2) is 79.9 Å². The van der Waals surface area contributed by atoms with E-state index < -0.39 is 17.7 Å². The van der Waals surface area contributed by atoms with Gasteiger partial charge in [-0.1, -0.05) is 12.1 Å². The van der Waals surface area contributed by atoms with Crippen LogP contribution in [0, 0.1) is 0 Å². The van der Waals surface area contributed by atoms with Crippen LogP contribution in [0.15, 0.2) is 48.0 Å². The van der Waals surface area contributed by atoms with Crippen molar-refractivity contribution < 1.29 is 33.6 Å². The van der Waals surface area contributed by atoms with E-state index in [0.29, 0.717) is 54.6 Å². The van der Waals surface area contributed by atoms with Crippen LogP contribution in [-0.2, 0) is 14.3 Å². The fourth-order valence-electron chi connectivity index (χ4n) is 4.76. The summed E-state index contributed by atoms with van der Waals surface area (Å²) in [4.78, 5) is 30.3. The predicted molar refractivity (Wildman–Crippen MR) is 126 cm³/mol. The Labute approximate surface area is 203 Å². The normalized spacial score (nSPS) is 21.5. The molecule has 5 rings (SSSR count). The quantitative estimate of drug-likeness (QED) is 0.367. The molecule has 0 radical (unpaired) electrons. The summed E-state index contributed by atoms with van der Waals surface area (Å²) in [7, 11) is 1.56. The molecule has 0 unspecified atom stereocenters. The minimum Gasteiger partial charge on any atom is -0.507 e. The summed E-state index contributed by atoms with van der Waals surface area (Å²) in [5.41, 5.74) is 1.12. The second-order valence-electron chi connectivity index (χ2n) is 8.64. The van der Waals surface area contributed by atoms with Gasteiger partial charge in [0.05, 0.1) is 31.9 Å². The number of methoxy groups -OCH3 is 1. The van der Waals surface area contributed by atoms with Gasteiger partial charge in [-0.25, -0.2) is 0 Å². The largest absolute Gasteiger partial charge is 0.507 e. The molecule has 0 saturated carbocycles. The Balaban J connectivity index is 1.49. The highest BCUT2D eigenvalue weighted by Gasteiger charge is 2.46. The average Bonchev–Trinajstić information content (AvgIpc) is 3.46. The zero-order chi connectivity index (χ0) is 24.4. The number of hydrogen-bond donors (Lipinski definition) is 1. The Kier molecular flexibility index (Phi) is 6.61. The molecule has 35 heavy (non-hydrogen) atoms. The van der Waals surface area contributed by atoms with Gasteiger partial charge in [0.2, 0.25) is 6.79 Å². The number of hydrogen-bond acceptors (Lipinski definition) is 8. The molecule has 1 amide bonds. The summed E-state index contributed by atoms with van der Waals surface area (Å²) in [5, 5.41) is 11.3. The van der Waals surface area contributed by atoms with Gasteiger partial charge >= 0.3 is 0 Å². The second kappa shape index (κ2) is 9.97. The molecular weight excluding hydrogens is 452 g/mol. The third-order valence-electron chi connectivity index (χ3n) is 6.57. The Bertz CT molecular complexity index is 1160. The number of benzene rings is 2. The van der Waals surface area contributed by atoms with Crippen LogP contribution in [0.2, 0.25) is 0 Å². The smallest absolute Gasteiger partial charge is 0.295 e. The van der Waals surface area contributed by atoms with Gasteiger partial charge < -0.3 is 29.0 Å². The molecule has 9 heteroatoms. The van der Waals surface area contributed by atoms with Gasteiger partial charge in [0, 0.05) is 31.7 Å². The third-order valence-corrected chi connectivity index (χ3v) is 6.57. The van der Waals surface area contributed by atoms with Crippen molar-refractivity contribution in [3.05, 3.63) is 59.2 Å².